The van der Waals surface area contributed by atoms with E-state index in [9.17, 15) is 18.9 Å². The zero-order chi connectivity index (χ0) is 19.5. The summed E-state index contributed by atoms with van der Waals surface area (Å²) in [5, 5.41) is 0. The Morgan fingerprint density at radius 2 is 0.792 bits per heavy atom. The number of hydrogen-bond acceptors (Lipinski definition) is 9. The molecule has 0 radical (unpaired) electrons. The van der Waals surface area contributed by atoms with Crippen molar-refractivity contribution in [3.63, 3.8) is 0 Å². The van der Waals surface area contributed by atoms with Crippen molar-refractivity contribution in [2.45, 2.75) is 0 Å². The van der Waals surface area contributed by atoms with Gasteiger partial charge in [-0.25, -0.2) is 0 Å². The monoisotopic (exact) mass is 509 g/mol. The fraction of sp³-hybridized carbons (Fsp3) is 1.00. The molecule has 0 saturated carbocycles. The number of halogens is 4. The molecule has 0 rings (SSSR count). The third kappa shape index (κ3) is 26.0. The molecule has 24 heavy (non-hydrogen) atoms. The first-order chi connectivity index (χ1) is 11.2. The van der Waals surface area contributed by atoms with Crippen LogP contribution >= 0.6 is 62.0 Å². The minimum absolute atomic E-state index is 0.0788. The van der Waals surface area contributed by atoms with Gasteiger partial charge in [-0.05, 0) is 0 Å². The van der Waals surface area contributed by atoms with E-state index in [4.69, 9.17) is 50.1 Å². The van der Waals surface area contributed by atoms with Crippen molar-refractivity contribution < 1.29 is 58.1 Å². The Kier molecular flexibility index (Phi) is 26.8. The van der Waals surface area contributed by atoms with E-state index in [0.29, 0.717) is 0 Å². The summed E-state index contributed by atoms with van der Waals surface area (Å²) in [4.78, 5) is 21.2. The van der Waals surface area contributed by atoms with Gasteiger partial charge in [0, 0.05) is 23.5 Å². The van der Waals surface area contributed by atoms with Crippen LogP contribution in [0.1, 0.15) is 0 Å². The molecule has 0 saturated heterocycles. The topological polar surface area (TPSA) is 134 Å². The summed E-state index contributed by atoms with van der Waals surface area (Å²) < 4.78 is 46.5. The second-order valence-electron chi connectivity index (χ2n) is 2.98. The molecule has 9 nitrogen and oxygen atoms in total. The Hall–Kier alpha value is 1.76. The van der Waals surface area contributed by atoms with Crippen molar-refractivity contribution in [3.05, 3.63) is 0 Å². The molecule has 0 aromatic carbocycles. The standard InChI is InChI=1S/2C4H9Cl2O4P.O.V/c2*5-1-3-9-11(7,8)10-4-2-6;;/h2*1-4H2,(H,7,8);;/q;;;+2/p-2. The number of hydrogen-bond donors (Lipinski definition) is 0. The summed E-state index contributed by atoms with van der Waals surface area (Å²) in [7, 11) is -8.29. The first-order valence-electron chi connectivity index (χ1n) is 5.87. The molecule has 0 aliphatic heterocycles. The predicted octanol–water partition coefficient (Wildman–Crippen LogP) is 1.81. The molecule has 0 N–H and O–H groups in total. The zero-order valence-corrected chi connectivity index (χ0v) is 18.4. The van der Waals surface area contributed by atoms with Gasteiger partial charge in [0.15, 0.2) is 0 Å². The van der Waals surface area contributed by atoms with Crippen LogP contribution in [0.5, 0.6) is 0 Å². The molecule has 0 amide bonds. The van der Waals surface area contributed by atoms with E-state index in [0.717, 1.165) is 17.4 Å². The van der Waals surface area contributed by atoms with Crippen LogP contribution in [-0.4, -0.2) is 49.9 Å². The van der Waals surface area contributed by atoms with E-state index in [1.165, 1.54) is 0 Å². The minimum atomic E-state index is -4.14. The third-order valence-corrected chi connectivity index (χ3v) is 3.92. The van der Waals surface area contributed by atoms with E-state index in [1.807, 2.05) is 0 Å². The van der Waals surface area contributed by atoms with Crippen LogP contribution in [0.2, 0.25) is 0 Å². The summed E-state index contributed by atoms with van der Waals surface area (Å²) in [6.45, 7) is -0.315. The number of phosphoric ester groups is 2. The first-order valence-corrected chi connectivity index (χ1v) is 11.5. The second-order valence-corrected chi connectivity index (χ2v) is 7.32. The van der Waals surface area contributed by atoms with Crippen molar-refractivity contribution in [3.8, 4) is 0 Å². The Morgan fingerprint density at radius 1 is 0.625 bits per heavy atom. The summed E-state index contributed by atoms with van der Waals surface area (Å²) in [5.41, 5.74) is 0. The summed E-state index contributed by atoms with van der Waals surface area (Å²) in [5.74, 6) is 0.430. The molecule has 0 aliphatic carbocycles. The molecule has 0 unspecified atom stereocenters. The zero-order valence-electron chi connectivity index (χ0n) is 12.2. The average molecular weight is 511 g/mol. The van der Waals surface area contributed by atoms with Crippen LogP contribution in [0.25, 0.3) is 0 Å². The van der Waals surface area contributed by atoms with E-state index >= 15 is 0 Å². The number of rotatable bonds is 12. The van der Waals surface area contributed by atoms with Crippen LogP contribution in [0.4, 0.5) is 0 Å². The molecule has 0 fully saturated rings. The fourth-order valence-electron chi connectivity index (χ4n) is 0.660. The van der Waals surface area contributed by atoms with Crippen molar-refractivity contribution in [1.82, 2.24) is 0 Å². The van der Waals surface area contributed by atoms with Gasteiger partial charge in [-0.15, -0.1) is 46.4 Å². The van der Waals surface area contributed by atoms with Gasteiger partial charge in [-0.1, -0.05) is 0 Å². The molecule has 145 valence electrons. The Labute approximate surface area is 169 Å². The van der Waals surface area contributed by atoms with Gasteiger partial charge in [0.25, 0.3) is 15.6 Å². The molecule has 0 aromatic heterocycles. The van der Waals surface area contributed by atoms with Crippen molar-refractivity contribution >= 4 is 62.0 Å². The van der Waals surface area contributed by atoms with E-state index in [2.05, 4.69) is 18.1 Å². The molecule has 0 heterocycles. The quantitative estimate of drug-likeness (QED) is 0.284. The second kappa shape index (κ2) is 21.1. The molecule has 0 atom stereocenters. The molecule has 16 heteroatoms. The van der Waals surface area contributed by atoms with E-state index in [-0.39, 0.29) is 49.9 Å². The van der Waals surface area contributed by atoms with E-state index in [1.54, 1.807) is 0 Å². The van der Waals surface area contributed by atoms with Crippen LogP contribution in [0, 0.1) is 0 Å². The molecule has 0 aromatic rings. The Morgan fingerprint density at radius 3 is 0.917 bits per heavy atom. The normalized spacial score (nSPS) is 11.2. The molecule has 0 spiro atoms. The van der Waals surface area contributed by atoms with Gasteiger partial charge >= 0.3 is 21.0 Å². The Balaban J connectivity index is -0.000000333. The van der Waals surface area contributed by atoms with Gasteiger partial charge in [0.05, 0.1) is 26.4 Å². The molecule has 0 aliphatic rings. The van der Waals surface area contributed by atoms with Gasteiger partial charge in [-0.3, -0.25) is 9.13 Å². The number of phosphoric acid groups is 2. The molecule has 0 bridgehead atoms. The van der Waals surface area contributed by atoms with Crippen LogP contribution in [0.15, 0.2) is 0 Å². The maximum atomic E-state index is 10.6. The summed E-state index contributed by atoms with van der Waals surface area (Å²) in [6, 6.07) is 0. The SMILES string of the molecule is O=P([O-])(OCCCl)OCCCl.O=P([O-])(OCCCl)OCCCl.[O]=[V+2]. The average Bonchev–Trinajstić information content (AvgIpc) is 2.57. The molecular formula is C8H16Cl4O9P2V. The van der Waals surface area contributed by atoms with Crippen LogP contribution in [-0.2, 0) is 48.3 Å². The third-order valence-electron chi connectivity index (χ3n) is 1.31. The van der Waals surface area contributed by atoms with Crippen LogP contribution in [0.3, 0.4) is 0 Å². The predicted molar refractivity (Wildman–Crippen MR) is 82.6 cm³/mol. The number of alkyl halides is 4. The van der Waals surface area contributed by atoms with Gasteiger partial charge in [-0.2, -0.15) is 0 Å². The first kappa shape index (κ1) is 30.5. The fourth-order valence-corrected chi connectivity index (χ4v) is 2.81. The van der Waals surface area contributed by atoms with Gasteiger partial charge in [0.2, 0.25) is 0 Å². The van der Waals surface area contributed by atoms with Crippen molar-refractivity contribution in [2.24, 2.45) is 0 Å². The van der Waals surface area contributed by atoms with Crippen molar-refractivity contribution in [2.75, 3.05) is 49.9 Å². The van der Waals surface area contributed by atoms with Gasteiger partial charge in [0.1, 0.15) is 0 Å². The Bertz CT molecular complexity index is 312. The van der Waals surface area contributed by atoms with Gasteiger partial charge < -0.3 is 27.9 Å². The summed E-state index contributed by atoms with van der Waals surface area (Å²) >= 11 is 21.8. The van der Waals surface area contributed by atoms with Crippen molar-refractivity contribution in [1.29, 1.82) is 0 Å². The summed E-state index contributed by atoms with van der Waals surface area (Å²) in [6.07, 6.45) is 0. The van der Waals surface area contributed by atoms with Crippen LogP contribution < -0.4 is 9.79 Å². The van der Waals surface area contributed by atoms with E-state index < -0.39 is 15.6 Å². The maximum absolute atomic E-state index is 10.6. The molecular weight excluding hydrogens is 495 g/mol.